The minimum atomic E-state index is -0.735. The summed E-state index contributed by atoms with van der Waals surface area (Å²) in [7, 11) is 3.12. The van der Waals surface area contributed by atoms with Crippen LogP contribution in [0.4, 0.5) is 31.9 Å². The van der Waals surface area contributed by atoms with E-state index in [2.05, 4.69) is 20.6 Å². The van der Waals surface area contributed by atoms with Gasteiger partial charge in [0.15, 0.2) is 0 Å². The van der Waals surface area contributed by atoms with Crippen molar-refractivity contribution < 1.29 is 18.3 Å². The number of nitrogens with one attached hydrogen (secondary N) is 2. The third kappa shape index (κ3) is 3.97. The summed E-state index contributed by atoms with van der Waals surface area (Å²) in [4.78, 5) is 8.31. The Bertz CT molecular complexity index is 921. The maximum Gasteiger partial charge on any atom is 0.229 e. The number of nitrogens with zero attached hydrogens (tertiary/aromatic N) is 2. The van der Waals surface area contributed by atoms with E-state index in [1.807, 2.05) is 0 Å². The first-order valence-corrected chi connectivity index (χ1v) is 7.63. The summed E-state index contributed by atoms with van der Waals surface area (Å²) in [6.07, 6.45) is 1.51. The monoisotopic (exact) mass is 358 g/mol. The normalized spacial score (nSPS) is 10.3. The smallest absolute Gasteiger partial charge is 0.229 e. The van der Waals surface area contributed by atoms with Crippen molar-refractivity contribution in [3.63, 3.8) is 0 Å². The Labute approximate surface area is 148 Å². The molecule has 134 valence electrons. The molecule has 0 unspecified atom stereocenters. The fourth-order valence-corrected chi connectivity index (χ4v) is 2.25. The van der Waals surface area contributed by atoms with Crippen LogP contribution in [0.3, 0.4) is 0 Å². The van der Waals surface area contributed by atoms with Crippen molar-refractivity contribution in [2.45, 2.75) is 0 Å². The van der Waals surface area contributed by atoms with Crippen LogP contribution >= 0.6 is 0 Å². The van der Waals surface area contributed by atoms with Gasteiger partial charge in [0.1, 0.15) is 29.0 Å². The standard InChI is InChI=1S/C18H16F2N4O2/c1-25-12-4-6-16(26-2)15(10-12)22-17-7-8-21-18(24-17)23-14-5-3-11(19)9-13(14)20/h3-10H,1-2H3,(H2,21,22,23,24). The molecule has 0 amide bonds. The molecule has 3 aromatic rings. The van der Waals surface area contributed by atoms with Crippen molar-refractivity contribution in [2.75, 3.05) is 24.9 Å². The number of benzene rings is 2. The highest BCUT2D eigenvalue weighted by Gasteiger charge is 2.09. The molecule has 1 aromatic heterocycles. The fraction of sp³-hybridized carbons (Fsp3) is 0.111. The van der Waals surface area contributed by atoms with Crippen LogP contribution in [0.5, 0.6) is 11.5 Å². The van der Waals surface area contributed by atoms with Gasteiger partial charge in [-0.15, -0.1) is 0 Å². The van der Waals surface area contributed by atoms with E-state index >= 15 is 0 Å². The maximum atomic E-state index is 13.8. The Balaban J connectivity index is 1.84. The van der Waals surface area contributed by atoms with Crippen LogP contribution in [-0.4, -0.2) is 24.2 Å². The number of rotatable bonds is 6. The first-order valence-electron chi connectivity index (χ1n) is 7.63. The van der Waals surface area contributed by atoms with Crippen LogP contribution in [0.1, 0.15) is 0 Å². The van der Waals surface area contributed by atoms with Gasteiger partial charge in [0.2, 0.25) is 5.95 Å². The summed E-state index contributed by atoms with van der Waals surface area (Å²) in [5.74, 6) is 0.465. The lowest BCUT2D eigenvalue weighted by Crippen LogP contribution is -2.02. The van der Waals surface area contributed by atoms with Crippen LogP contribution < -0.4 is 20.1 Å². The summed E-state index contributed by atoms with van der Waals surface area (Å²) in [6.45, 7) is 0. The van der Waals surface area contributed by atoms with E-state index in [0.29, 0.717) is 23.0 Å². The minimum Gasteiger partial charge on any atom is -0.497 e. The Morgan fingerprint density at radius 2 is 1.73 bits per heavy atom. The summed E-state index contributed by atoms with van der Waals surface area (Å²) < 4.78 is 37.3. The zero-order chi connectivity index (χ0) is 18.5. The first kappa shape index (κ1) is 17.4. The topological polar surface area (TPSA) is 68.3 Å². The third-order valence-corrected chi connectivity index (χ3v) is 3.50. The molecule has 0 saturated carbocycles. The van der Waals surface area contributed by atoms with Crippen LogP contribution in [0.2, 0.25) is 0 Å². The number of ether oxygens (including phenoxy) is 2. The van der Waals surface area contributed by atoms with Gasteiger partial charge in [-0.05, 0) is 30.3 Å². The Kier molecular flexibility index (Phi) is 5.12. The lowest BCUT2D eigenvalue weighted by molar-refractivity contribution is 0.405. The van der Waals surface area contributed by atoms with E-state index < -0.39 is 11.6 Å². The highest BCUT2D eigenvalue weighted by atomic mass is 19.1. The lowest BCUT2D eigenvalue weighted by Gasteiger charge is -2.13. The molecule has 26 heavy (non-hydrogen) atoms. The molecule has 0 saturated heterocycles. The van der Waals surface area contributed by atoms with Gasteiger partial charge < -0.3 is 20.1 Å². The summed E-state index contributed by atoms with van der Waals surface area (Å²) in [5.41, 5.74) is 0.715. The van der Waals surface area contributed by atoms with Gasteiger partial charge in [-0.2, -0.15) is 4.98 Å². The largest absolute Gasteiger partial charge is 0.497 e. The molecular weight excluding hydrogens is 342 g/mol. The van der Waals surface area contributed by atoms with Crippen LogP contribution in [0.15, 0.2) is 48.7 Å². The predicted molar refractivity (Wildman–Crippen MR) is 94.5 cm³/mol. The highest BCUT2D eigenvalue weighted by Crippen LogP contribution is 2.31. The van der Waals surface area contributed by atoms with Gasteiger partial charge in [-0.1, -0.05) is 0 Å². The Hall–Kier alpha value is -3.42. The van der Waals surface area contributed by atoms with Crippen LogP contribution in [-0.2, 0) is 0 Å². The minimum absolute atomic E-state index is 0.0718. The van der Waals surface area contributed by atoms with E-state index in [1.54, 1.807) is 38.5 Å². The van der Waals surface area contributed by atoms with E-state index in [1.165, 1.54) is 12.3 Å². The lowest BCUT2D eigenvalue weighted by atomic mass is 10.2. The van der Waals surface area contributed by atoms with E-state index in [-0.39, 0.29) is 11.6 Å². The Morgan fingerprint density at radius 1 is 0.885 bits per heavy atom. The SMILES string of the molecule is COc1ccc(OC)c(Nc2ccnc(Nc3ccc(F)cc3F)n2)c1. The quantitative estimate of drug-likeness (QED) is 0.686. The predicted octanol–water partition coefficient (Wildman–Crippen LogP) is 4.26. The zero-order valence-corrected chi connectivity index (χ0v) is 14.1. The molecule has 3 rings (SSSR count). The van der Waals surface area contributed by atoms with Crippen molar-refractivity contribution >= 4 is 23.1 Å². The third-order valence-electron chi connectivity index (χ3n) is 3.50. The van der Waals surface area contributed by atoms with Gasteiger partial charge in [0, 0.05) is 18.3 Å². The van der Waals surface area contributed by atoms with Crippen molar-refractivity contribution in [2.24, 2.45) is 0 Å². The van der Waals surface area contributed by atoms with Gasteiger partial charge in [0.05, 0.1) is 25.6 Å². The number of hydrogen-bond donors (Lipinski definition) is 2. The van der Waals surface area contributed by atoms with E-state index in [9.17, 15) is 8.78 Å². The van der Waals surface area contributed by atoms with Gasteiger partial charge in [0.25, 0.3) is 0 Å². The van der Waals surface area contributed by atoms with Crippen LogP contribution in [0, 0.1) is 11.6 Å². The molecule has 0 aliphatic heterocycles. The van der Waals surface area contributed by atoms with Crippen molar-refractivity contribution in [1.29, 1.82) is 0 Å². The number of anilines is 4. The molecule has 8 heteroatoms. The molecular formula is C18H16F2N4O2. The van der Waals surface area contributed by atoms with Crippen molar-refractivity contribution in [3.8, 4) is 11.5 Å². The molecule has 0 aliphatic carbocycles. The molecule has 2 aromatic carbocycles. The maximum absolute atomic E-state index is 13.8. The second-order valence-electron chi connectivity index (χ2n) is 5.21. The molecule has 6 nitrogen and oxygen atoms in total. The number of methoxy groups -OCH3 is 2. The molecule has 0 aliphatic rings. The highest BCUT2D eigenvalue weighted by molar-refractivity contribution is 5.67. The molecule has 0 bridgehead atoms. The average molecular weight is 358 g/mol. The second kappa shape index (κ2) is 7.64. The summed E-state index contributed by atoms with van der Waals surface area (Å²) in [6, 6.07) is 10.1. The average Bonchev–Trinajstić information content (AvgIpc) is 2.64. The Morgan fingerprint density at radius 3 is 2.46 bits per heavy atom. The van der Waals surface area contributed by atoms with Crippen molar-refractivity contribution in [1.82, 2.24) is 9.97 Å². The zero-order valence-electron chi connectivity index (χ0n) is 14.1. The molecule has 0 spiro atoms. The number of hydrogen-bond acceptors (Lipinski definition) is 6. The van der Waals surface area contributed by atoms with Gasteiger partial charge >= 0.3 is 0 Å². The number of aromatic nitrogens is 2. The van der Waals surface area contributed by atoms with Gasteiger partial charge in [-0.3, -0.25) is 0 Å². The second-order valence-corrected chi connectivity index (χ2v) is 5.21. The van der Waals surface area contributed by atoms with Crippen molar-refractivity contribution in [3.05, 3.63) is 60.3 Å². The number of halogens is 2. The summed E-state index contributed by atoms with van der Waals surface area (Å²) >= 11 is 0. The summed E-state index contributed by atoms with van der Waals surface area (Å²) in [5, 5.41) is 5.82. The molecule has 0 atom stereocenters. The molecule has 1 heterocycles. The van der Waals surface area contributed by atoms with Gasteiger partial charge in [-0.25, -0.2) is 13.8 Å². The molecule has 0 radical (unpaired) electrons. The molecule has 2 N–H and O–H groups in total. The van der Waals surface area contributed by atoms with E-state index in [0.717, 1.165) is 12.1 Å². The fourth-order valence-electron chi connectivity index (χ4n) is 2.25. The van der Waals surface area contributed by atoms with E-state index in [4.69, 9.17) is 9.47 Å². The molecule has 0 fully saturated rings. The first-order chi connectivity index (χ1) is 12.6. The van der Waals surface area contributed by atoms with Crippen LogP contribution in [0.25, 0.3) is 0 Å².